The number of para-hydroxylation sites is 1. The van der Waals surface area contributed by atoms with Gasteiger partial charge >= 0.3 is 0 Å². The average Bonchev–Trinajstić information content (AvgIpc) is 2.54. The van der Waals surface area contributed by atoms with Crippen LogP contribution < -0.4 is 10.0 Å². The Morgan fingerprint density at radius 3 is 2.31 bits per heavy atom. The largest absolute Gasteiger partial charge is 0.322 e. The lowest BCUT2D eigenvalue weighted by atomic mass is 10.0. The first kappa shape index (κ1) is 20.4. The summed E-state index contributed by atoms with van der Waals surface area (Å²) in [6, 6.07) is 11.3. The van der Waals surface area contributed by atoms with E-state index in [1.807, 2.05) is 38.1 Å². The molecule has 140 valence electrons. The van der Waals surface area contributed by atoms with Gasteiger partial charge in [0.2, 0.25) is 10.0 Å². The highest BCUT2D eigenvalue weighted by molar-refractivity contribution is 7.89. The van der Waals surface area contributed by atoms with Crippen LogP contribution in [0, 0.1) is 0 Å². The zero-order chi connectivity index (χ0) is 19.5. The fourth-order valence-electron chi connectivity index (χ4n) is 2.53. The smallest absolute Gasteiger partial charge is 0.257 e. The van der Waals surface area contributed by atoms with Crippen LogP contribution in [0.4, 0.5) is 5.69 Å². The van der Waals surface area contributed by atoms with E-state index in [0.717, 1.165) is 5.56 Å². The van der Waals surface area contributed by atoms with Crippen LogP contribution in [0.5, 0.6) is 0 Å². The third-order valence-electron chi connectivity index (χ3n) is 3.71. The summed E-state index contributed by atoms with van der Waals surface area (Å²) in [5.74, 6) is -0.228. The Hall–Kier alpha value is -1.89. The summed E-state index contributed by atoms with van der Waals surface area (Å²) < 4.78 is 27.2. The minimum absolute atomic E-state index is 0.00195. The fraction of sp³-hybridized carbons (Fsp3) is 0.316. The van der Waals surface area contributed by atoms with Gasteiger partial charge in [0.05, 0.1) is 15.5 Å². The van der Waals surface area contributed by atoms with Crippen molar-refractivity contribution >= 4 is 33.2 Å². The highest BCUT2D eigenvalue weighted by atomic mass is 35.5. The predicted octanol–water partition coefficient (Wildman–Crippen LogP) is 4.40. The molecule has 0 saturated carbocycles. The van der Waals surface area contributed by atoms with Crippen LogP contribution >= 0.6 is 11.6 Å². The third-order valence-corrected chi connectivity index (χ3v) is 5.70. The minimum atomic E-state index is -3.72. The number of halogens is 1. The van der Waals surface area contributed by atoms with Gasteiger partial charge in [-0.25, -0.2) is 13.1 Å². The second kappa shape index (κ2) is 8.20. The molecule has 0 unspecified atom stereocenters. The average molecular weight is 395 g/mol. The molecule has 2 aromatic rings. The number of anilines is 1. The third kappa shape index (κ3) is 4.84. The molecular formula is C19H23ClN2O3S. The van der Waals surface area contributed by atoms with Crippen LogP contribution in [0.2, 0.25) is 5.02 Å². The Balaban J connectivity index is 2.37. The zero-order valence-corrected chi connectivity index (χ0v) is 16.8. The summed E-state index contributed by atoms with van der Waals surface area (Å²) in [4.78, 5) is 12.7. The van der Waals surface area contributed by atoms with Crippen molar-refractivity contribution in [1.29, 1.82) is 0 Å². The van der Waals surface area contributed by atoms with Crippen LogP contribution in [-0.2, 0) is 10.0 Å². The van der Waals surface area contributed by atoms with E-state index in [-0.39, 0.29) is 27.4 Å². The molecule has 0 aliphatic carbocycles. The Bertz CT molecular complexity index is 909. The van der Waals surface area contributed by atoms with Crippen LogP contribution in [0.1, 0.15) is 49.5 Å². The first-order valence-electron chi connectivity index (χ1n) is 8.34. The summed E-state index contributed by atoms with van der Waals surface area (Å²) in [6.07, 6.45) is 0. The molecule has 0 spiro atoms. The molecule has 0 radical (unpaired) electrons. The maximum atomic E-state index is 12.7. The highest BCUT2D eigenvalue weighted by Crippen LogP contribution is 2.26. The molecule has 0 aliphatic rings. The van der Waals surface area contributed by atoms with Gasteiger partial charge in [-0.05, 0) is 49.6 Å². The molecule has 0 fully saturated rings. The van der Waals surface area contributed by atoms with Crippen LogP contribution in [0.3, 0.4) is 0 Å². The van der Waals surface area contributed by atoms with Crippen LogP contribution in [0.15, 0.2) is 47.4 Å². The summed E-state index contributed by atoms with van der Waals surface area (Å²) in [5, 5.41) is 3.02. The molecule has 2 N–H and O–H groups in total. The van der Waals surface area contributed by atoms with Gasteiger partial charge < -0.3 is 5.32 Å². The number of carbonyl (C=O) groups excluding carboxylic acids is 1. The summed E-state index contributed by atoms with van der Waals surface area (Å²) in [6.45, 7) is 7.51. The molecule has 0 aromatic heterocycles. The monoisotopic (exact) mass is 394 g/mol. The molecular weight excluding hydrogens is 372 g/mol. The number of nitrogens with one attached hydrogen (secondary N) is 2. The predicted molar refractivity (Wildman–Crippen MR) is 105 cm³/mol. The summed E-state index contributed by atoms with van der Waals surface area (Å²) >= 11 is 6.14. The molecule has 26 heavy (non-hydrogen) atoms. The second-order valence-electron chi connectivity index (χ2n) is 6.61. The zero-order valence-electron chi connectivity index (χ0n) is 15.2. The van der Waals surface area contributed by atoms with Gasteiger partial charge in [0.1, 0.15) is 0 Å². The van der Waals surface area contributed by atoms with Gasteiger partial charge in [-0.3, -0.25) is 4.79 Å². The summed E-state index contributed by atoms with van der Waals surface area (Å²) in [7, 11) is -3.72. The van der Waals surface area contributed by atoms with Gasteiger partial charge in [-0.15, -0.1) is 0 Å². The van der Waals surface area contributed by atoms with Crippen molar-refractivity contribution in [2.45, 2.75) is 44.6 Å². The van der Waals surface area contributed by atoms with E-state index in [0.29, 0.717) is 5.69 Å². The van der Waals surface area contributed by atoms with E-state index in [2.05, 4.69) is 10.0 Å². The van der Waals surface area contributed by atoms with Crippen molar-refractivity contribution in [3.63, 3.8) is 0 Å². The van der Waals surface area contributed by atoms with E-state index in [1.54, 1.807) is 13.8 Å². The van der Waals surface area contributed by atoms with Crippen molar-refractivity contribution in [2.75, 3.05) is 5.32 Å². The number of carbonyl (C=O) groups is 1. The topological polar surface area (TPSA) is 75.3 Å². The molecule has 5 nitrogen and oxygen atoms in total. The SMILES string of the molecule is CC(C)NS(=O)(=O)c1ccc(Cl)c(C(=O)Nc2ccccc2C(C)C)c1. The van der Waals surface area contributed by atoms with Crippen LogP contribution in [-0.4, -0.2) is 20.4 Å². The summed E-state index contributed by atoms with van der Waals surface area (Å²) in [5.41, 5.74) is 1.77. The van der Waals surface area contributed by atoms with E-state index in [1.165, 1.54) is 18.2 Å². The van der Waals surface area contributed by atoms with E-state index < -0.39 is 15.9 Å². The number of hydrogen-bond donors (Lipinski definition) is 2. The Kier molecular flexibility index (Phi) is 6.44. The molecule has 1 amide bonds. The Labute approximate surface area is 159 Å². The van der Waals surface area contributed by atoms with Gasteiger partial charge in [0.15, 0.2) is 0 Å². The standard InChI is InChI=1S/C19H23ClN2O3S/c1-12(2)15-7-5-6-8-18(15)21-19(23)16-11-14(9-10-17(16)20)26(24,25)22-13(3)4/h5-13,22H,1-4H3,(H,21,23). The van der Waals surface area contributed by atoms with Gasteiger partial charge in [-0.2, -0.15) is 0 Å². The lowest BCUT2D eigenvalue weighted by molar-refractivity contribution is 0.102. The molecule has 0 saturated heterocycles. The molecule has 7 heteroatoms. The van der Waals surface area contributed by atoms with Crippen molar-refractivity contribution in [3.05, 3.63) is 58.6 Å². The van der Waals surface area contributed by atoms with E-state index in [9.17, 15) is 13.2 Å². The van der Waals surface area contributed by atoms with E-state index >= 15 is 0 Å². The first-order chi connectivity index (χ1) is 12.1. The maximum absolute atomic E-state index is 12.7. The number of rotatable bonds is 6. The molecule has 2 aromatic carbocycles. The molecule has 0 bridgehead atoms. The number of benzene rings is 2. The normalized spacial score (nSPS) is 11.8. The van der Waals surface area contributed by atoms with Gasteiger partial charge in [0.25, 0.3) is 5.91 Å². The molecule has 0 heterocycles. The molecule has 0 aliphatic heterocycles. The fourth-order valence-corrected chi connectivity index (χ4v) is 4.01. The number of hydrogen-bond acceptors (Lipinski definition) is 3. The lowest BCUT2D eigenvalue weighted by Crippen LogP contribution is -2.30. The number of amides is 1. The lowest BCUT2D eigenvalue weighted by Gasteiger charge is -2.15. The Morgan fingerprint density at radius 2 is 1.69 bits per heavy atom. The van der Waals surface area contributed by atoms with Crippen molar-refractivity contribution in [2.24, 2.45) is 0 Å². The molecule has 2 rings (SSSR count). The quantitative estimate of drug-likeness (QED) is 0.762. The Morgan fingerprint density at radius 1 is 1.04 bits per heavy atom. The number of sulfonamides is 1. The molecule has 0 atom stereocenters. The highest BCUT2D eigenvalue weighted by Gasteiger charge is 2.20. The minimum Gasteiger partial charge on any atom is -0.322 e. The van der Waals surface area contributed by atoms with Gasteiger partial charge in [0, 0.05) is 11.7 Å². The second-order valence-corrected chi connectivity index (χ2v) is 8.73. The van der Waals surface area contributed by atoms with Crippen molar-refractivity contribution < 1.29 is 13.2 Å². The van der Waals surface area contributed by atoms with E-state index in [4.69, 9.17) is 11.6 Å². The van der Waals surface area contributed by atoms with Gasteiger partial charge in [-0.1, -0.05) is 43.6 Å². The van der Waals surface area contributed by atoms with Crippen molar-refractivity contribution in [1.82, 2.24) is 4.72 Å². The first-order valence-corrected chi connectivity index (χ1v) is 10.2. The maximum Gasteiger partial charge on any atom is 0.257 e. The van der Waals surface area contributed by atoms with Crippen molar-refractivity contribution in [3.8, 4) is 0 Å². The van der Waals surface area contributed by atoms with Crippen LogP contribution in [0.25, 0.3) is 0 Å².